The third-order valence-electron chi connectivity index (χ3n) is 1.43. The third kappa shape index (κ3) is 14.7. The lowest BCUT2D eigenvalue weighted by Gasteiger charge is -2.00. The average Bonchev–Trinajstić information content (AvgIpc) is 2.35. The summed E-state index contributed by atoms with van der Waals surface area (Å²) in [6.07, 6.45) is 3.94. The number of ether oxygens (including phenoxy) is 1. The van der Waals surface area contributed by atoms with Crippen LogP contribution in [0.3, 0.4) is 0 Å². The molecule has 0 aromatic rings. The molecular weight excluding hydrogens is 261 g/mol. The predicted octanol–water partition coefficient (Wildman–Crippen LogP) is 1.26. The van der Waals surface area contributed by atoms with Crippen molar-refractivity contribution in [3.05, 3.63) is 12.7 Å². The molecular formula is C10H19NO6P+. The third-order valence-corrected chi connectivity index (χ3v) is 1.78. The molecule has 0 aliphatic heterocycles. The van der Waals surface area contributed by atoms with Gasteiger partial charge in [-0.05, 0) is 0 Å². The minimum absolute atomic E-state index is 0.0820. The molecule has 0 aliphatic rings. The SMILES string of the molecule is C=CCOC(=O)C(=O)NCO[P+](=O)O.CCCC. The fraction of sp³-hybridized carbons (Fsp3) is 0.600. The molecule has 8 heteroatoms. The monoisotopic (exact) mass is 280 g/mol. The average molecular weight is 280 g/mol. The Kier molecular flexibility index (Phi) is 14.6. The van der Waals surface area contributed by atoms with Crippen LogP contribution in [-0.4, -0.2) is 30.1 Å². The zero-order valence-electron chi connectivity index (χ0n) is 10.5. The van der Waals surface area contributed by atoms with Crippen LogP contribution in [0, 0.1) is 0 Å². The van der Waals surface area contributed by atoms with Gasteiger partial charge < -0.3 is 10.1 Å². The second-order valence-corrected chi connectivity index (χ2v) is 3.64. The Labute approximate surface area is 107 Å². The Balaban J connectivity index is 0. The molecule has 0 radical (unpaired) electrons. The first-order valence-corrected chi connectivity index (χ1v) is 6.47. The molecule has 1 unspecified atom stereocenters. The summed E-state index contributed by atoms with van der Waals surface area (Å²) in [5.41, 5.74) is 0. The number of carbonyl (C=O) groups is 2. The summed E-state index contributed by atoms with van der Waals surface area (Å²) in [6, 6.07) is 0. The quantitative estimate of drug-likeness (QED) is 0.250. The fourth-order valence-electron chi connectivity index (χ4n) is 0.425. The molecule has 0 aromatic heterocycles. The van der Waals surface area contributed by atoms with Crippen LogP contribution in [0.4, 0.5) is 0 Å². The molecule has 104 valence electrons. The van der Waals surface area contributed by atoms with Crippen molar-refractivity contribution < 1.29 is 28.3 Å². The lowest BCUT2D eigenvalue weighted by atomic mass is 10.4. The summed E-state index contributed by atoms with van der Waals surface area (Å²) in [6.45, 7) is 7.02. The number of nitrogens with one attached hydrogen (secondary N) is 1. The van der Waals surface area contributed by atoms with Gasteiger partial charge in [-0.3, -0.25) is 4.79 Å². The summed E-state index contributed by atoms with van der Waals surface area (Å²) < 4.78 is 18.4. The van der Waals surface area contributed by atoms with Crippen LogP contribution < -0.4 is 5.32 Å². The van der Waals surface area contributed by atoms with Gasteiger partial charge in [0.15, 0.2) is 6.73 Å². The molecule has 0 aliphatic carbocycles. The highest BCUT2D eigenvalue weighted by Gasteiger charge is 2.17. The van der Waals surface area contributed by atoms with Crippen LogP contribution in [0.15, 0.2) is 12.7 Å². The standard InChI is InChI=1S/C6H8NO6P.C4H10/c1-2-3-12-6(9)5(8)7-4-13-14(10)11;1-3-4-2/h2H,1,3-4H2,(H-,7,8,10,11);3-4H2,1-2H3/p+1. The number of amides is 1. The predicted molar refractivity (Wildman–Crippen MR) is 65.7 cm³/mol. The van der Waals surface area contributed by atoms with E-state index in [9.17, 15) is 14.2 Å². The Bertz CT molecular complexity index is 280. The van der Waals surface area contributed by atoms with Gasteiger partial charge in [-0.2, -0.15) is 0 Å². The molecule has 1 atom stereocenters. The topological polar surface area (TPSA) is 102 Å². The van der Waals surface area contributed by atoms with Crippen molar-refractivity contribution in [3.63, 3.8) is 0 Å². The minimum Gasteiger partial charge on any atom is -0.454 e. The Morgan fingerprint density at radius 1 is 1.39 bits per heavy atom. The molecule has 0 heterocycles. The van der Waals surface area contributed by atoms with E-state index >= 15 is 0 Å². The number of hydrogen-bond donors (Lipinski definition) is 2. The molecule has 1 amide bonds. The van der Waals surface area contributed by atoms with Crippen molar-refractivity contribution in [2.75, 3.05) is 13.3 Å². The highest BCUT2D eigenvalue weighted by molar-refractivity contribution is 7.32. The van der Waals surface area contributed by atoms with Crippen molar-refractivity contribution in [1.82, 2.24) is 5.32 Å². The van der Waals surface area contributed by atoms with Gasteiger partial charge in [0.05, 0.1) is 0 Å². The normalized spacial score (nSPS) is 9.61. The molecule has 7 nitrogen and oxygen atoms in total. The zero-order valence-corrected chi connectivity index (χ0v) is 11.4. The fourth-order valence-corrected chi connectivity index (χ4v) is 0.600. The molecule has 0 fully saturated rings. The number of unbranched alkanes of at least 4 members (excludes halogenated alkanes) is 1. The maximum Gasteiger partial charge on any atom is 0.696 e. The Hall–Kier alpha value is -1.30. The number of carbonyl (C=O) groups excluding carboxylic acids is 2. The van der Waals surface area contributed by atoms with Crippen LogP contribution in [0.1, 0.15) is 26.7 Å². The maximum absolute atomic E-state index is 10.8. The van der Waals surface area contributed by atoms with E-state index < -0.39 is 26.9 Å². The first-order valence-electron chi connectivity index (χ1n) is 5.34. The summed E-state index contributed by atoms with van der Waals surface area (Å²) in [5, 5.41) is 1.91. The van der Waals surface area contributed by atoms with E-state index in [4.69, 9.17) is 4.89 Å². The zero-order chi connectivity index (χ0) is 14.4. The molecule has 2 N–H and O–H groups in total. The van der Waals surface area contributed by atoms with Gasteiger partial charge in [0.25, 0.3) is 0 Å². The van der Waals surface area contributed by atoms with E-state index in [1.165, 1.54) is 18.9 Å². The Morgan fingerprint density at radius 3 is 2.33 bits per heavy atom. The largest absolute Gasteiger partial charge is 0.696 e. The molecule has 0 spiro atoms. The first kappa shape index (κ1) is 19.0. The van der Waals surface area contributed by atoms with E-state index in [2.05, 4.69) is 29.7 Å². The molecule has 0 aromatic carbocycles. The van der Waals surface area contributed by atoms with E-state index in [0.29, 0.717) is 0 Å². The van der Waals surface area contributed by atoms with E-state index in [-0.39, 0.29) is 6.61 Å². The van der Waals surface area contributed by atoms with Crippen LogP contribution in [0.2, 0.25) is 0 Å². The lowest BCUT2D eigenvalue weighted by molar-refractivity contribution is -0.154. The molecule has 0 rings (SSSR count). The lowest BCUT2D eigenvalue weighted by Crippen LogP contribution is -2.33. The summed E-state index contributed by atoms with van der Waals surface area (Å²) in [5.74, 6) is -2.16. The van der Waals surface area contributed by atoms with E-state index in [1.807, 2.05) is 5.32 Å². The Morgan fingerprint density at radius 2 is 1.94 bits per heavy atom. The first-order chi connectivity index (χ1) is 8.49. The molecule has 0 saturated heterocycles. The summed E-state index contributed by atoms with van der Waals surface area (Å²) in [7, 11) is -2.79. The molecule has 0 bridgehead atoms. The highest BCUT2D eigenvalue weighted by Crippen LogP contribution is 2.11. The van der Waals surface area contributed by atoms with Crippen molar-refractivity contribution in [3.8, 4) is 0 Å². The maximum atomic E-state index is 10.8. The van der Waals surface area contributed by atoms with Crippen molar-refractivity contribution >= 4 is 20.1 Å². The van der Waals surface area contributed by atoms with Gasteiger partial charge in [0, 0.05) is 4.57 Å². The molecule has 18 heavy (non-hydrogen) atoms. The van der Waals surface area contributed by atoms with Crippen LogP contribution in [0.25, 0.3) is 0 Å². The minimum atomic E-state index is -2.79. The molecule has 0 saturated carbocycles. The van der Waals surface area contributed by atoms with Gasteiger partial charge in [-0.15, -0.1) is 4.89 Å². The van der Waals surface area contributed by atoms with Gasteiger partial charge >= 0.3 is 20.1 Å². The van der Waals surface area contributed by atoms with Gasteiger partial charge in [0.2, 0.25) is 0 Å². The van der Waals surface area contributed by atoms with E-state index in [1.54, 1.807) is 0 Å². The van der Waals surface area contributed by atoms with E-state index in [0.717, 1.165) is 0 Å². The smallest absolute Gasteiger partial charge is 0.454 e. The van der Waals surface area contributed by atoms with Crippen molar-refractivity contribution in [2.45, 2.75) is 26.7 Å². The number of rotatable bonds is 6. The summed E-state index contributed by atoms with van der Waals surface area (Å²) in [4.78, 5) is 29.6. The van der Waals surface area contributed by atoms with Crippen LogP contribution >= 0.6 is 8.25 Å². The van der Waals surface area contributed by atoms with Crippen LogP contribution in [-0.2, 0) is 23.4 Å². The van der Waals surface area contributed by atoms with Gasteiger partial charge in [-0.1, -0.05) is 43.9 Å². The second kappa shape index (κ2) is 13.8. The summed E-state index contributed by atoms with van der Waals surface area (Å²) >= 11 is 0. The second-order valence-electron chi connectivity index (χ2n) is 2.90. The van der Waals surface area contributed by atoms with Gasteiger partial charge in [0.1, 0.15) is 6.61 Å². The van der Waals surface area contributed by atoms with Crippen molar-refractivity contribution in [1.29, 1.82) is 0 Å². The number of esters is 1. The highest BCUT2D eigenvalue weighted by atomic mass is 31.1. The van der Waals surface area contributed by atoms with Gasteiger partial charge in [-0.25, -0.2) is 4.79 Å². The van der Waals surface area contributed by atoms with Crippen LogP contribution in [0.5, 0.6) is 0 Å². The van der Waals surface area contributed by atoms with Crippen molar-refractivity contribution in [2.24, 2.45) is 0 Å². The number of hydrogen-bond acceptors (Lipinski definition) is 5.